The Morgan fingerprint density at radius 3 is 2.65 bits per heavy atom. The molecule has 1 aliphatic carbocycles. The van der Waals surface area contributed by atoms with Crippen LogP contribution in [0.3, 0.4) is 0 Å². The smallest absolute Gasteiger partial charge is 0.310 e. The number of aliphatic carboxylic acids is 1. The Bertz CT molecular complexity index is 417. The van der Waals surface area contributed by atoms with E-state index in [0.29, 0.717) is 5.92 Å². The average molecular weight is 230 g/mol. The van der Waals surface area contributed by atoms with Crippen molar-refractivity contribution in [3.05, 3.63) is 47.5 Å². The summed E-state index contributed by atoms with van der Waals surface area (Å²) in [5, 5.41) is 8.93. The van der Waals surface area contributed by atoms with Crippen molar-refractivity contribution in [3.63, 3.8) is 0 Å². The molecule has 1 N–H and O–H groups in total. The standard InChI is InChI=1S/C15H18O2/c1-11(15(16)17)14-8-6-13(7-9-14)10-12-4-2-3-5-12/h2,4,6-9,11-12H,3,5,10H2,1H3,(H,16,17). The van der Waals surface area contributed by atoms with Crippen molar-refractivity contribution in [1.82, 2.24) is 0 Å². The fourth-order valence-corrected chi connectivity index (χ4v) is 2.25. The van der Waals surface area contributed by atoms with E-state index in [0.717, 1.165) is 12.0 Å². The zero-order valence-electron chi connectivity index (χ0n) is 10.1. The van der Waals surface area contributed by atoms with Crippen LogP contribution in [0.5, 0.6) is 0 Å². The lowest BCUT2D eigenvalue weighted by Gasteiger charge is -2.10. The SMILES string of the molecule is CC(C(=O)O)c1ccc(CC2C=CCC2)cc1. The first-order valence-electron chi connectivity index (χ1n) is 6.15. The fourth-order valence-electron chi connectivity index (χ4n) is 2.25. The molecule has 2 nitrogen and oxygen atoms in total. The van der Waals surface area contributed by atoms with Crippen molar-refractivity contribution in [1.29, 1.82) is 0 Å². The lowest BCUT2D eigenvalue weighted by atomic mass is 9.95. The second kappa shape index (κ2) is 5.17. The molecule has 0 heterocycles. The Morgan fingerprint density at radius 2 is 2.12 bits per heavy atom. The maximum absolute atomic E-state index is 10.9. The number of hydrogen-bond acceptors (Lipinski definition) is 1. The summed E-state index contributed by atoms with van der Waals surface area (Å²) in [6, 6.07) is 7.99. The Hall–Kier alpha value is -1.57. The number of benzene rings is 1. The molecule has 0 spiro atoms. The lowest BCUT2D eigenvalue weighted by Crippen LogP contribution is -2.07. The molecule has 17 heavy (non-hydrogen) atoms. The number of carboxylic acid groups (broad SMARTS) is 1. The minimum absolute atomic E-state index is 0.421. The summed E-state index contributed by atoms with van der Waals surface area (Å²) in [6.07, 6.45) is 8.03. The maximum atomic E-state index is 10.9. The molecule has 2 rings (SSSR count). The van der Waals surface area contributed by atoms with Crippen molar-refractivity contribution >= 4 is 5.97 Å². The fraction of sp³-hybridized carbons (Fsp3) is 0.400. The minimum Gasteiger partial charge on any atom is -0.481 e. The van der Waals surface area contributed by atoms with E-state index in [1.165, 1.54) is 18.4 Å². The quantitative estimate of drug-likeness (QED) is 0.805. The number of carboxylic acids is 1. The number of allylic oxidation sites excluding steroid dienone is 2. The van der Waals surface area contributed by atoms with Gasteiger partial charge in [-0.25, -0.2) is 0 Å². The number of carbonyl (C=O) groups is 1. The van der Waals surface area contributed by atoms with E-state index in [4.69, 9.17) is 5.11 Å². The summed E-state index contributed by atoms with van der Waals surface area (Å²) in [4.78, 5) is 10.9. The topological polar surface area (TPSA) is 37.3 Å². The highest BCUT2D eigenvalue weighted by Crippen LogP contribution is 2.23. The van der Waals surface area contributed by atoms with Gasteiger partial charge in [-0.3, -0.25) is 4.79 Å². The molecule has 1 aromatic carbocycles. The maximum Gasteiger partial charge on any atom is 0.310 e. The summed E-state index contributed by atoms with van der Waals surface area (Å²) >= 11 is 0. The van der Waals surface area contributed by atoms with Gasteiger partial charge in [0.25, 0.3) is 0 Å². The third kappa shape index (κ3) is 2.96. The normalized spacial score (nSPS) is 20.4. The van der Waals surface area contributed by atoms with Gasteiger partial charge in [-0.15, -0.1) is 0 Å². The van der Waals surface area contributed by atoms with E-state index in [-0.39, 0.29) is 0 Å². The average Bonchev–Trinajstić information content (AvgIpc) is 2.82. The molecular weight excluding hydrogens is 212 g/mol. The highest BCUT2D eigenvalue weighted by atomic mass is 16.4. The van der Waals surface area contributed by atoms with Gasteiger partial charge in [0.15, 0.2) is 0 Å². The van der Waals surface area contributed by atoms with Crippen LogP contribution in [0, 0.1) is 5.92 Å². The Morgan fingerprint density at radius 1 is 1.41 bits per heavy atom. The minimum atomic E-state index is -0.767. The molecule has 0 radical (unpaired) electrons. The van der Waals surface area contributed by atoms with Crippen molar-refractivity contribution in [2.45, 2.75) is 32.1 Å². The summed E-state index contributed by atoms with van der Waals surface area (Å²) < 4.78 is 0. The Labute approximate surface area is 102 Å². The van der Waals surface area contributed by atoms with Crippen LogP contribution in [-0.4, -0.2) is 11.1 Å². The van der Waals surface area contributed by atoms with Crippen LogP contribution in [0.1, 0.15) is 36.8 Å². The Kier molecular flexibility index (Phi) is 3.62. The van der Waals surface area contributed by atoms with E-state index in [2.05, 4.69) is 24.3 Å². The van der Waals surface area contributed by atoms with E-state index in [1.54, 1.807) is 6.92 Å². The van der Waals surface area contributed by atoms with Crippen molar-refractivity contribution in [2.24, 2.45) is 5.92 Å². The third-order valence-electron chi connectivity index (χ3n) is 3.46. The van der Waals surface area contributed by atoms with Gasteiger partial charge in [-0.1, -0.05) is 36.4 Å². The van der Waals surface area contributed by atoms with Gasteiger partial charge in [0.05, 0.1) is 5.92 Å². The summed E-state index contributed by atoms with van der Waals surface area (Å²) in [7, 11) is 0. The van der Waals surface area contributed by atoms with Crippen LogP contribution in [0.15, 0.2) is 36.4 Å². The predicted molar refractivity (Wildman–Crippen MR) is 68.1 cm³/mol. The van der Waals surface area contributed by atoms with Crippen molar-refractivity contribution in [2.75, 3.05) is 0 Å². The van der Waals surface area contributed by atoms with Gasteiger partial charge in [0.2, 0.25) is 0 Å². The largest absolute Gasteiger partial charge is 0.481 e. The third-order valence-corrected chi connectivity index (χ3v) is 3.46. The summed E-state index contributed by atoms with van der Waals surface area (Å²) in [5.41, 5.74) is 2.17. The van der Waals surface area contributed by atoms with Gasteiger partial charge in [-0.05, 0) is 43.2 Å². The van der Waals surface area contributed by atoms with Crippen molar-refractivity contribution in [3.8, 4) is 0 Å². The molecule has 0 amide bonds. The molecule has 90 valence electrons. The summed E-state index contributed by atoms with van der Waals surface area (Å²) in [5.74, 6) is -0.523. The van der Waals surface area contributed by atoms with Crippen LogP contribution < -0.4 is 0 Å². The van der Waals surface area contributed by atoms with E-state index in [9.17, 15) is 4.79 Å². The van der Waals surface area contributed by atoms with Crippen LogP contribution in [0.2, 0.25) is 0 Å². The van der Waals surface area contributed by atoms with Crippen LogP contribution in [0.25, 0.3) is 0 Å². The highest BCUT2D eigenvalue weighted by molar-refractivity contribution is 5.75. The molecular formula is C15H18O2. The van der Waals surface area contributed by atoms with Crippen LogP contribution in [0.4, 0.5) is 0 Å². The molecule has 1 aromatic rings. The second-order valence-electron chi connectivity index (χ2n) is 4.77. The first-order valence-corrected chi connectivity index (χ1v) is 6.15. The molecule has 2 heteroatoms. The van der Waals surface area contributed by atoms with Gasteiger partial charge >= 0.3 is 5.97 Å². The second-order valence-corrected chi connectivity index (χ2v) is 4.77. The van der Waals surface area contributed by atoms with Gasteiger partial charge < -0.3 is 5.11 Å². The molecule has 0 saturated carbocycles. The first-order chi connectivity index (χ1) is 8.16. The molecule has 0 saturated heterocycles. The Balaban J connectivity index is 2.02. The first kappa shape index (κ1) is 11.9. The molecule has 0 bridgehead atoms. The molecule has 2 unspecified atom stereocenters. The van der Waals surface area contributed by atoms with E-state index < -0.39 is 11.9 Å². The van der Waals surface area contributed by atoms with E-state index in [1.807, 2.05) is 12.1 Å². The number of rotatable bonds is 4. The zero-order valence-corrected chi connectivity index (χ0v) is 10.1. The van der Waals surface area contributed by atoms with E-state index >= 15 is 0 Å². The van der Waals surface area contributed by atoms with Gasteiger partial charge in [-0.2, -0.15) is 0 Å². The van der Waals surface area contributed by atoms with Gasteiger partial charge in [0.1, 0.15) is 0 Å². The number of hydrogen-bond donors (Lipinski definition) is 1. The highest BCUT2D eigenvalue weighted by Gasteiger charge is 2.14. The lowest BCUT2D eigenvalue weighted by molar-refractivity contribution is -0.138. The predicted octanol–water partition coefficient (Wildman–Crippen LogP) is 3.38. The van der Waals surface area contributed by atoms with Gasteiger partial charge in [0, 0.05) is 0 Å². The van der Waals surface area contributed by atoms with Crippen LogP contribution >= 0.6 is 0 Å². The molecule has 1 aliphatic rings. The molecule has 2 atom stereocenters. The molecule has 0 fully saturated rings. The molecule has 0 aromatic heterocycles. The van der Waals surface area contributed by atoms with Crippen LogP contribution in [-0.2, 0) is 11.2 Å². The summed E-state index contributed by atoms with van der Waals surface area (Å²) in [6.45, 7) is 1.72. The zero-order chi connectivity index (χ0) is 12.3. The van der Waals surface area contributed by atoms with Crippen molar-refractivity contribution < 1.29 is 9.90 Å². The molecule has 0 aliphatic heterocycles. The monoisotopic (exact) mass is 230 g/mol.